The van der Waals surface area contributed by atoms with E-state index < -0.39 is 0 Å². The van der Waals surface area contributed by atoms with Gasteiger partial charge in [-0.05, 0) is 45.0 Å². The normalized spacial score (nSPS) is 16.5. The maximum Gasteiger partial charge on any atom is 0.238 e. The van der Waals surface area contributed by atoms with Crippen LogP contribution in [0.3, 0.4) is 0 Å². The van der Waals surface area contributed by atoms with Crippen LogP contribution in [0.4, 0.5) is 11.4 Å². The van der Waals surface area contributed by atoms with Gasteiger partial charge >= 0.3 is 0 Å². The molecule has 0 spiro atoms. The number of nitrogens with zero attached hydrogens (tertiary/aromatic N) is 1. The average Bonchev–Trinajstić information content (AvgIpc) is 2.40. The number of hydrogen-bond acceptors (Lipinski definition) is 4. The molecule has 1 aliphatic rings. The van der Waals surface area contributed by atoms with Crippen LogP contribution in [0.1, 0.15) is 20.8 Å². The number of carbonyl (C=O) groups excluding carboxylic acids is 1. The summed E-state index contributed by atoms with van der Waals surface area (Å²) in [5.41, 5.74) is 1.93. The second-order valence-corrected chi connectivity index (χ2v) is 6.53. The number of carbonyl (C=O) groups is 1. The van der Waals surface area contributed by atoms with Gasteiger partial charge < -0.3 is 16.0 Å². The molecule has 5 heteroatoms. The van der Waals surface area contributed by atoms with Crippen LogP contribution in [0, 0.1) is 0 Å². The van der Waals surface area contributed by atoms with Gasteiger partial charge in [0.2, 0.25) is 5.91 Å². The molecule has 0 saturated carbocycles. The predicted molar refractivity (Wildman–Crippen MR) is 87.8 cm³/mol. The lowest BCUT2D eigenvalue weighted by Crippen LogP contribution is -2.46. The van der Waals surface area contributed by atoms with E-state index in [1.807, 2.05) is 24.3 Å². The van der Waals surface area contributed by atoms with Gasteiger partial charge in [-0.2, -0.15) is 0 Å². The van der Waals surface area contributed by atoms with E-state index in [0.717, 1.165) is 37.6 Å². The van der Waals surface area contributed by atoms with Crippen molar-refractivity contribution >= 4 is 17.3 Å². The van der Waals surface area contributed by atoms with E-state index in [4.69, 9.17) is 0 Å². The Labute approximate surface area is 127 Å². The molecule has 0 radical (unpaired) electrons. The van der Waals surface area contributed by atoms with Crippen molar-refractivity contribution in [3.63, 3.8) is 0 Å². The molecule has 1 aromatic rings. The van der Waals surface area contributed by atoms with Crippen LogP contribution in [-0.4, -0.2) is 49.1 Å². The van der Waals surface area contributed by atoms with Gasteiger partial charge in [-0.15, -0.1) is 0 Å². The lowest BCUT2D eigenvalue weighted by atomic mass is 10.1. The third-order valence-electron chi connectivity index (χ3n) is 3.26. The number of anilines is 2. The molecule has 3 N–H and O–H groups in total. The lowest BCUT2D eigenvalue weighted by molar-refractivity contribution is -0.117. The molecule has 2 rings (SSSR count). The predicted octanol–water partition coefficient (Wildman–Crippen LogP) is 1.74. The molecule has 1 fully saturated rings. The Morgan fingerprint density at radius 2 is 1.71 bits per heavy atom. The molecule has 0 aromatic heterocycles. The lowest BCUT2D eigenvalue weighted by Gasteiger charge is -2.26. The highest BCUT2D eigenvalue weighted by atomic mass is 16.2. The molecule has 1 saturated heterocycles. The van der Waals surface area contributed by atoms with E-state index in [2.05, 4.69) is 41.6 Å². The van der Waals surface area contributed by atoms with Crippen LogP contribution in [-0.2, 0) is 4.79 Å². The number of nitrogens with one attached hydrogen (secondary N) is 3. The first-order valence-corrected chi connectivity index (χ1v) is 7.53. The SMILES string of the molecule is CC(C)(C)Nc1ccc(NC(=O)CN2CCNCC2)cc1. The standard InChI is InChI=1S/C16H26N4O/c1-16(2,3)19-14-6-4-13(5-7-14)18-15(21)12-20-10-8-17-9-11-20/h4-7,17,19H,8-12H2,1-3H3,(H,18,21). The molecule has 1 aliphatic heterocycles. The van der Waals surface area contributed by atoms with Crippen molar-refractivity contribution in [2.75, 3.05) is 43.4 Å². The molecule has 0 aliphatic carbocycles. The maximum absolute atomic E-state index is 12.0. The summed E-state index contributed by atoms with van der Waals surface area (Å²) in [6.07, 6.45) is 0. The van der Waals surface area contributed by atoms with E-state index in [9.17, 15) is 4.79 Å². The molecule has 1 aromatic carbocycles. The molecular formula is C16H26N4O. The highest BCUT2D eigenvalue weighted by molar-refractivity contribution is 5.92. The fraction of sp³-hybridized carbons (Fsp3) is 0.562. The fourth-order valence-electron chi connectivity index (χ4n) is 2.34. The van der Waals surface area contributed by atoms with E-state index in [1.54, 1.807) is 0 Å². The van der Waals surface area contributed by atoms with E-state index in [0.29, 0.717) is 6.54 Å². The first kappa shape index (κ1) is 15.8. The summed E-state index contributed by atoms with van der Waals surface area (Å²) in [5, 5.41) is 9.63. The van der Waals surface area contributed by atoms with Crippen LogP contribution in [0.25, 0.3) is 0 Å². The van der Waals surface area contributed by atoms with E-state index >= 15 is 0 Å². The molecule has 21 heavy (non-hydrogen) atoms. The number of rotatable bonds is 4. The van der Waals surface area contributed by atoms with E-state index in [1.165, 1.54) is 0 Å². The molecular weight excluding hydrogens is 264 g/mol. The van der Waals surface area contributed by atoms with Gasteiger partial charge in [-0.25, -0.2) is 0 Å². The molecule has 116 valence electrons. The summed E-state index contributed by atoms with van der Waals surface area (Å²) in [6, 6.07) is 7.85. The topological polar surface area (TPSA) is 56.4 Å². The molecule has 1 heterocycles. The minimum absolute atomic E-state index is 0.0348. The first-order chi connectivity index (χ1) is 9.92. The summed E-state index contributed by atoms with van der Waals surface area (Å²) < 4.78 is 0. The zero-order valence-electron chi connectivity index (χ0n) is 13.2. The Bertz CT molecular complexity index is 458. The Morgan fingerprint density at radius 3 is 2.29 bits per heavy atom. The van der Waals surface area contributed by atoms with Crippen molar-refractivity contribution in [3.05, 3.63) is 24.3 Å². The minimum atomic E-state index is 0.0348. The highest BCUT2D eigenvalue weighted by Crippen LogP contribution is 2.17. The smallest absolute Gasteiger partial charge is 0.238 e. The summed E-state index contributed by atoms with van der Waals surface area (Å²) >= 11 is 0. The molecule has 0 atom stereocenters. The summed E-state index contributed by atoms with van der Waals surface area (Å²) in [7, 11) is 0. The number of hydrogen-bond donors (Lipinski definition) is 3. The molecule has 1 amide bonds. The summed E-state index contributed by atoms with van der Waals surface area (Å²) in [4.78, 5) is 14.2. The number of benzene rings is 1. The van der Waals surface area contributed by atoms with Crippen LogP contribution in [0.15, 0.2) is 24.3 Å². The third-order valence-corrected chi connectivity index (χ3v) is 3.26. The number of amides is 1. The quantitative estimate of drug-likeness (QED) is 0.790. The zero-order valence-corrected chi connectivity index (χ0v) is 13.2. The summed E-state index contributed by atoms with van der Waals surface area (Å²) in [6.45, 7) is 10.6. The van der Waals surface area contributed by atoms with Gasteiger partial charge in [0.1, 0.15) is 0 Å². The Morgan fingerprint density at radius 1 is 1.14 bits per heavy atom. The molecule has 0 bridgehead atoms. The molecule has 5 nitrogen and oxygen atoms in total. The van der Waals surface area contributed by atoms with Crippen molar-refractivity contribution in [2.24, 2.45) is 0 Å². The average molecular weight is 290 g/mol. The zero-order chi connectivity index (χ0) is 15.3. The van der Waals surface area contributed by atoms with Crippen molar-refractivity contribution < 1.29 is 4.79 Å². The van der Waals surface area contributed by atoms with Crippen LogP contribution in [0.2, 0.25) is 0 Å². The van der Waals surface area contributed by atoms with E-state index in [-0.39, 0.29) is 11.4 Å². The molecule has 0 unspecified atom stereocenters. The Hall–Kier alpha value is -1.59. The first-order valence-electron chi connectivity index (χ1n) is 7.53. The van der Waals surface area contributed by atoms with Gasteiger partial charge in [0.05, 0.1) is 6.54 Å². The van der Waals surface area contributed by atoms with Crippen LogP contribution < -0.4 is 16.0 Å². The van der Waals surface area contributed by atoms with Gasteiger partial charge in [-0.3, -0.25) is 9.69 Å². The van der Waals surface area contributed by atoms with Gasteiger partial charge in [0.25, 0.3) is 0 Å². The Kier molecular flexibility index (Phi) is 5.20. The Balaban J connectivity index is 1.83. The second-order valence-electron chi connectivity index (χ2n) is 6.53. The third kappa shape index (κ3) is 5.73. The minimum Gasteiger partial charge on any atom is -0.380 e. The van der Waals surface area contributed by atoms with Gasteiger partial charge in [-0.1, -0.05) is 0 Å². The van der Waals surface area contributed by atoms with Crippen molar-refractivity contribution in [1.82, 2.24) is 10.2 Å². The van der Waals surface area contributed by atoms with Crippen LogP contribution >= 0.6 is 0 Å². The summed E-state index contributed by atoms with van der Waals surface area (Å²) in [5.74, 6) is 0.0495. The maximum atomic E-state index is 12.0. The number of piperazine rings is 1. The van der Waals surface area contributed by atoms with Crippen molar-refractivity contribution in [2.45, 2.75) is 26.3 Å². The monoisotopic (exact) mass is 290 g/mol. The van der Waals surface area contributed by atoms with Crippen molar-refractivity contribution in [1.29, 1.82) is 0 Å². The van der Waals surface area contributed by atoms with Gasteiger partial charge in [0, 0.05) is 43.1 Å². The highest BCUT2D eigenvalue weighted by Gasteiger charge is 2.13. The van der Waals surface area contributed by atoms with Crippen molar-refractivity contribution in [3.8, 4) is 0 Å². The largest absolute Gasteiger partial charge is 0.380 e. The second kappa shape index (κ2) is 6.91. The van der Waals surface area contributed by atoms with Gasteiger partial charge in [0.15, 0.2) is 0 Å². The fourth-order valence-corrected chi connectivity index (χ4v) is 2.34. The van der Waals surface area contributed by atoms with Crippen LogP contribution in [0.5, 0.6) is 0 Å².